The lowest BCUT2D eigenvalue weighted by molar-refractivity contribution is -0.142. The third-order valence-electron chi connectivity index (χ3n) is 5.15. The standard InChI is InChI=1S/C19H17F3N6O/c1-28-8-11(7-25-28)12-2-3-24-18-13(12)9-29-16-15(27-18)4-14(10-5-23-6-10)26-17(16)19(20,21)22/h2-4,7-8,10,23H,5-6,9H2,1H3,(H,24,27). The average Bonchev–Trinajstić information content (AvgIpc) is 2.95. The Balaban J connectivity index is 1.62. The van der Waals surface area contributed by atoms with Crippen LogP contribution in [-0.4, -0.2) is 32.8 Å². The summed E-state index contributed by atoms with van der Waals surface area (Å²) in [5.74, 6) is 0.103. The molecule has 0 bridgehead atoms. The van der Waals surface area contributed by atoms with Gasteiger partial charge in [0.2, 0.25) is 0 Å². The first kappa shape index (κ1) is 17.9. The van der Waals surface area contributed by atoms with Crippen molar-refractivity contribution in [1.82, 2.24) is 25.1 Å². The van der Waals surface area contributed by atoms with Crippen LogP contribution in [0.3, 0.4) is 0 Å². The lowest BCUT2D eigenvalue weighted by Gasteiger charge is -2.28. The molecule has 29 heavy (non-hydrogen) atoms. The first-order valence-corrected chi connectivity index (χ1v) is 9.09. The highest BCUT2D eigenvalue weighted by atomic mass is 19.4. The average molecular weight is 402 g/mol. The van der Waals surface area contributed by atoms with Crippen LogP contribution in [0.25, 0.3) is 11.1 Å². The zero-order chi connectivity index (χ0) is 20.2. The number of rotatable bonds is 2. The highest BCUT2D eigenvalue weighted by Gasteiger charge is 2.40. The molecule has 0 aliphatic carbocycles. The molecule has 0 amide bonds. The van der Waals surface area contributed by atoms with Gasteiger partial charge in [0.1, 0.15) is 12.4 Å². The van der Waals surface area contributed by atoms with E-state index in [9.17, 15) is 13.2 Å². The van der Waals surface area contributed by atoms with E-state index in [4.69, 9.17) is 4.74 Å². The van der Waals surface area contributed by atoms with Crippen molar-refractivity contribution in [3.63, 3.8) is 0 Å². The number of hydrogen-bond acceptors (Lipinski definition) is 6. The zero-order valence-electron chi connectivity index (χ0n) is 15.4. The van der Waals surface area contributed by atoms with E-state index in [0.29, 0.717) is 30.2 Å². The van der Waals surface area contributed by atoms with Gasteiger partial charge in [-0.1, -0.05) is 0 Å². The van der Waals surface area contributed by atoms with Crippen LogP contribution in [0.2, 0.25) is 0 Å². The zero-order valence-corrected chi connectivity index (χ0v) is 15.4. The molecule has 5 rings (SSSR count). The number of ether oxygens (including phenoxy) is 1. The molecule has 1 fully saturated rings. The smallest absolute Gasteiger partial charge is 0.437 e. The molecule has 3 aromatic rings. The molecule has 0 spiro atoms. The molecule has 3 aromatic heterocycles. The number of anilines is 2. The van der Waals surface area contributed by atoms with Crippen LogP contribution in [0, 0.1) is 0 Å². The van der Waals surface area contributed by atoms with Crippen LogP contribution in [-0.2, 0) is 19.8 Å². The van der Waals surface area contributed by atoms with Crippen LogP contribution >= 0.6 is 0 Å². The van der Waals surface area contributed by atoms with Crippen LogP contribution < -0.4 is 15.4 Å². The first-order valence-electron chi connectivity index (χ1n) is 9.09. The van der Waals surface area contributed by atoms with Crippen LogP contribution in [0.5, 0.6) is 5.75 Å². The highest BCUT2D eigenvalue weighted by molar-refractivity contribution is 5.76. The fraction of sp³-hybridized carbons (Fsp3) is 0.316. The minimum atomic E-state index is -4.63. The molecule has 2 aliphatic rings. The largest absolute Gasteiger partial charge is 0.484 e. The van der Waals surface area contributed by atoms with Crippen LogP contribution in [0.1, 0.15) is 22.9 Å². The maximum atomic E-state index is 13.7. The Morgan fingerprint density at radius 1 is 1.28 bits per heavy atom. The molecular formula is C19H17F3N6O. The number of halogens is 3. The summed E-state index contributed by atoms with van der Waals surface area (Å²) in [6, 6.07) is 3.43. The van der Waals surface area contributed by atoms with Crippen molar-refractivity contribution >= 4 is 11.5 Å². The predicted molar refractivity (Wildman–Crippen MR) is 98.9 cm³/mol. The Hall–Kier alpha value is -3.14. The van der Waals surface area contributed by atoms with Crippen molar-refractivity contribution in [1.29, 1.82) is 0 Å². The molecule has 1 saturated heterocycles. The molecule has 0 unspecified atom stereocenters. The van der Waals surface area contributed by atoms with Gasteiger partial charge in [0.05, 0.1) is 11.9 Å². The van der Waals surface area contributed by atoms with Crippen LogP contribution in [0.4, 0.5) is 24.7 Å². The molecule has 150 valence electrons. The molecule has 0 saturated carbocycles. The number of pyridine rings is 2. The Bertz CT molecular complexity index is 1090. The molecule has 10 heteroatoms. The van der Waals surface area contributed by atoms with Gasteiger partial charge in [-0.25, -0.2) is 9.97 Å². The number of alkyl halides is 3. The number of nitrogens with zero attached hydrogens (tertiary/aromatic N) is 4. The van der Waals surface area contributed by atoms with E-state index < -0.39 is 11.9 Å². The van der Waals surface area contributed by atoms with E-state index in [1.807, 2.05) is 6.20 Å². The van der Waals surface area contributed by atoms with Gasteiger partial charge in [-0.3, -0.25) is 4.68 Å². The summed E-state index contributed by atoms with van der Waals surface area (Å²) in [5.41, 5.74) is 1.89. The maximum absolute atomic E-state index is 13.7. The highest BCUT2D eigenvalue weighted by Crippen LogP contribution is 2.44. The van der Waals surface area contributed by atoms with E-state index in [0.717, 1.165) is 11.1 Å². The van der Waals surface area contributed by atoms with Crippen molar-refractivity contribution in [3.8, 4) is 16.9 Å². The molecule has 7 nitrogen and oxygen atoms in total. The van der Waals surface area contributed by atoms with Crippen molar-refractivity contribution in [3.05, 3.63) is 47.7 Å². The quantitative estimate of drug-likeness (QED) is 0.686. The van der Waals surface area contributed by atoms with Gasteiger partial charge in [0.15, 0.2) is 11.4 Å². The normalized spacial score (nSPS) is 16.1. The van der Waals surface area contributed by atoms with E-state index in [-0.39, 0.29) is 24.0 Å². The maximum Gasteiger partial charge on any atom is 0.437 e. The van der Waals surface area contributed by atoms with Crippen LogP contribution in [0.15, 0.2) is 30.7 Å². The number of hydrogen-bond donors (Lipinski definition) is 2. The summed E-state index contributed by atoms with van der Waals surface area (Å²) in [5, 5.41) is 10.3. The molecule has 0 atom stereocenters. The SMILES string of the molecule is Cn1cc(-c2ccnc3c2COc2c(cc(C4CNC4)nc2C(F)(F)F)N3)cn1. The molecule has 5 heterocycles. The number of aryl methyl sites for hydroxylation is 1. The van der Waals surface area contributed by atoms with E-state index in [1.165, 1.54) is 0 Å². The van der Waals surface area contributed by atoms with Gasteiger partial charge in [0.25, 0.3) is 0 Å². The Kier molecular flexibility index (Phi) is 3.98. The monoisotopic (exact) mass is 402 g/mol. The molecule has 2 N–H and O–H groups in total. The fourth-order valence-electron chi connectivity index (χ4n) is 3.54. The molecule has 2 aliphatic heterocycles. The summed E-state index contributed by atoms with van der Waals surface area (Å²) in [6.07, 6.45) is 0.507. The summed E-state index contributed by atoms with van der Waals surface area (Å²) in [4.78, 5) is 8.24. The van der Waals surface area contributed by atoms with Gasteiger partial charge in [-0.05, 0) is 17.7 Å². The minimum Gasteiger partial charge on any atom is -0.484 e. The third kappa shape index (κ3) is 3.09. The van der Waals surface area contributed by atoms with E-state index in [1.54, 1.807) is 36.3 Å². The van der Waals surface area contributed by atoms with Gasteiger partial charge < -0.3 is 15.4 Å². The van der Waals surface area contributed by atoms with Gasteiger partial charge in [0, 0.05) is 55.3 Å². The van der Waals surface area contributed by atoms with Gasteiger partial charge in [-0.15, -0.1) is 0 Å². The van der Waals surface area contributed by atoms with Gasteiger partial charge in [-0.2, -0.15) is 18.3 Å². The second kappa shape index (κ2) is 6.45. The topological polar surface area (TPSA) is 76.9 Å². The number of aromatic nitrogens is 4. The van der Waals surface area contributed by atoms with Crippen molar-refractivity contribution in [2.75, 3.05) is 18.4 Å². The second-order valence-corrected chi connectivity index (χ2v) is 7.13. The Morgan fingerprint density at radius 2 is 2.10 bits per heavy atom. The van der Waals surface area contributed by atoms with Crippen molar-refractivity contribution < 1.29 is 17.9 Å². The molecule has 0 radical (unpaired) electrons. The summed E-state index contributed by atoms with van der Waals surface area (Å²) in [7, 11) is 1.80. The predicted octanol–water partition coefficient (Wildman–Crippen LogP) is 3.22. The summed E-state index contributed by atoms with van der Waals surface area (Å²) in [6.45, 7) is 1.14. The molecule has 0 aromatic carbocycles. The summed E-state index contributed by atoms with van der Waals surface area (Å²) < 4.78 is 48.5. The second-order valence-electron chi connectivity index (χ2n) is 7.13. The third-order valence-corrected chi connectivity index (χ3v) is 5.15. The van der Waals surface area contributed by atoms with E-state index >= 15 is 0 Å². The fourth-order valence-corrected chi connectivity index (χ4v) is 3.54. The Labute approximate surface area is 163 Å². The van der Waals surface area contributed by atoms with Crippen molar-refractivity contribution in [2.45, 2.75) is 18.7 Å². The van der Waals surface area contributed by atoms with Gasteiger partial charge >= 0.3 is 6.18 Å². The first-order chi connectivity index (χ1) is 13.9. The number of nitrogens with one attached hydrogen (secondary N) is 2. The minimum absolute atomic E-state index is 0.0550. The lowest BCUT2D eigenvalue weighted by Crippen LogP contribution is -2.40. The number of fused-ring (bicyclic) bond motifs is 2. The molecular weight excluding hydrogens is 385 g/mol. The van der Waals surface area contributed by atoms with E-state index in [2.05, 4.69) is 25.7 Å². The lowest BCUT2D eigenvalue weighted by atomic mass is 9.97. The van der Waals surface area contributed by atoms with Crippen molar-refractivity contribution in [2.24, 2.45) is 7.05 Å². The Morgan fingerprint density at radius 3 is 2.76 bits per heavy atom. The summed E-state index contributed by atoms with van der Waals surface area (Å²) >= 11 is 0.